The third kappa shape index (κ3) is 4.75. The minimum Gasteiger partial charge on any atom is -0.370 e. The van der Waals surface area contributed by atoms with Crippen LogP contribution in [0.15, 0.2) is 79.0 Å². The molecule has 156 valence electrons. The summed E-state index contributed by atoms with van der Waals surface area (Å²) >= 11 is 0. The highest BCUT2D eigenvalue weighted by atomic mass is 15.1. The zero-order chi connectivity index (χ0) is 20.9. The van der Waals surface area contributed by atoms with E-state index < -0.39 is 0 Å². The molecule has 5 rings (SSSR count). The Kier molecular flexibility index (Phi) is 5.62. The Bertz CT molecular complexity index is 1150. The first-order chi connectivity index (χ1) is 15.3. The summed E-state index contributed by atoms with van der Waals surface area (Å²) < 4.78 is 0. The minimum absolute atomic E-state index is 0.586. The van der Waals surface area contributed by atoms with Crippen molar-refractivity contribution in [1.82, 2.24) is 19.9 Å². The lowest BCUT2D eigenvalue weighted by Gasteiger charge is -2.14. The molecule has 3 heterocycles. The van der Waals surface area contributed by atoms with Crippen LogP contribution in [0.3, 0.4) is 0 Å². The van der Waals surface area contributed by atoms with E-state index in [0.29, 0.717) is 5.95 Å². The number of rotatable bonds is 8. The summed E-state index contributed by atoms with van der Waals surface area (Å²) in [6.07, 6.45) is 7.32. The second-order valence-electron chi connectivity index (χ2n) is 7.75. The lowest BCUT2D eigenvalue weighted by atomic mass is 10.1. The molecular formula is C25H26N6. The number of benzene rings is 2. The molecule has 0 fully saturated rings. The first-order valence-electron chi connectivity index (χ1n) is 10.7. The molecule has 3 N–H and O–H groups in total. The highest BCUT2D eigenvalue weighted by Crippen LogP contribution is 2.26. The summed E-state index contributed by atoms with van der Waals surface area (Å²) in [4.78, 5) is 14.9. The molecule has 0 atom stereocenters. The van der Waals surface area contributed by atoms with Gasteiger partial charge >= 0.3 is 0 Å². The number of fused-ring (bicyclic) bond motifs is 1. The highest BCUT2D eigenvalue weighted by molar-refractivity contribution is 5.86. The summed E-state index contributed by atoms with van der Waals surface area (Å²) in [5.41, 5.74) is 4.30. The van der Waals surface area contributed by atoms with E-state index in [1.807, 2.05) is 24.3 Å². The smallest absolute Gasteiger partial charge is 0.229 e. The molecule has 0 aliphatic carbocycles. The summed E-state index contributed by atoms with van der Waals surface area (Å²) in [6.45, 7) is 4.12. The normalized spacial score (nSPS) is 13.7. The van der Waals surface area contributed by atoms with E-state index in [-0.39, 0.29) is 0 Å². The minimum atomic E-state index is 0.586. The largest absolute Gasteiger partial charge is 0.370 e. The molecular weight excluding hydrogens is 384 g/mol. The molecule has 0 bridgehead atoms. The van der Waals surface area contributed by atoms with Crippen molar-refractivity contribution in [3.8, 4) is 11.3 Å². The van der Waals surface area contributed by atoms with Gasteiger partial charge in [0.05, 0.1) is 0 Å². The molecule has 4 aromatic rings. The maximum absolute atomic E-state index is 4.61. The first kappa shape index (κ1) is 19.3. The second kappa shape index (κ2) is 9.02. The predicted octanol–water partition coefficient (Wildman–Crippen LogP) is 5.04. The molecule has 0 unspecified atom stereocenters. The standard InChI is InChI=1S/C25H26N6/c1-2-10-22-20(7-1)18-23(29-22)19-8-5-9-21(17-19)28-25-27-13-11-24(30-25)26-12-6-16-31-14-3-4-15-31/h1-5,7-11,13,17-18,29H,6,12,14-16H2,(H2,26,27,28,30). The molecule has 1 aliphatic rings. The van der Waals surface area contributed by atoms with Crippen LogP contribution in [0.2, 0.25) is 0 Å². The van der Waals surface area contributed by atoms with Crippen molar-refractivity contribution in [2.45, 2.75) is 6.42 Å². The number of hydrogen-bond acceptors (Lipinski definition) is 5. The van der Waals surface area contributed by atoms with Crippen LogP contribution in [0.4, 0.5) is 17.5 Å². The van der Waals surface area contributed by atoms with Gasteiger partial charge in [-0.2, -0.15) is 4.98 Å². The van der Waals surface area contributed by atoms with Crippen molar-refractivity contribution in [1.29, 1.82) is 0 Å². The summed E-state index contributed by atoms with van der Waals surface area (Å²) in [5.74, 6) is 1.42. The Balaban J connectivity index is 1.22. The zero-order valence-corrected chi connectivity index (χ0v) is 17.4. The van der Waals surface area contributed by atoms with Gasteiger partial charge in [0.25, 0.3) is 0 Å². The Morgan fingerprint density at radius 2 is 1.87 bits per heavy atom. The fraction of sp³-hybridized carbons (Fsp3) is 0.200. The Morgan fingerprint density at radius 1 is 0.968 bits per heavy atom. The molecule has 0 saturated heterocycles. The molecule has 6 heteroatoms. The number of aromatic nitrogens is 3. The van der Waals surface area contributed by atoms with Crippen molar-refractivity contribution < 1.29 is 0 Å². The fourth-order valence-corrected chi connectivity index (χ4v) is 3.86. The number of para-hydroxylation sites is 1. The molecule has 2 aromatic carbocycles. The maximum atomic E-state index is 4.61. The van der Waals surface area contributed by atoms with E-state index in [1.54, 1.807) is 6.20 Å². The van der Waals surface area contributed by atoms with Gasteiger partial charge in [0, 0.05) is 60.2 Å². The Labute approximate surface area is 182 Å². The lowest BCUT2D eigenvalue weighted by molar-refractivity contribution is 0.351. The number of aromatic amines is 1. The topological polar surface area (TPSA) is 68.9 Å². The van der Waals surface area contributed by atoms with Crippen LogP contribution < -0.4 is 10.6 Å². The summed E-state index contributed by atoms with van der Waals surface area (Å²) in [5, 5.41) is 7.94. The third-order valence-corrected chi connectivity index (χ3v) is 5.47. The Hall–Kier alpha value is -3.64. The van der Waals surface area contributed by atoms with Gasteiger partial charge in [0.2, 0.25) is 5.95 Å². The number of nitrogens with zero attached hydrogens (tertiary/aromatic N) is 3. The van der Waals surface area contributed by atoms with Crippen molar-refractivity contribution in [2.75, 3.05) is 36.8 Å². The van der Waals surface area contributed by atoms with Crippen LogP contribution in [0.5, 0.6) is 0 Å². The number of hydrogen-bond donors (Lipinski definition) is 3. The lowest BCUT2D eigenvalue weighted by Crippen LogP contribution is -2.23. The van der Waals surface area contributed by atoms with Crippen molar-refractivity contribution in [2.24, 2.45) is 0 Å². The van der Waals surface area contributed by atoms with Crippen LogP contribution in [-0.4, -0.2) is 46.0 Å². The molecule has 0 spiro atoms. The molecule has 31 heavy (non-hydrogen) atoms. The van der Waals surface area contributed by atoms with Crippen molar-refractivity contribution in [3.63, 3.8) is 0 Å². The van der Waals surface area contributed by atoms with Gasteiger partial charge in [-0.1, -0.05) is 42.5 Å². The van der Waals surface area contributed by atoms with Gasteiger partial charge in [-0.15, -0.1) is 0 Å². The van der Waals surface area contributed by atoms with Gasteiger partial charge in [-0.3, -0.25) is 4.90 Å². The third-order valence-electron chi connectivity index (χ3n) is 5.47. The van der Waals surface area contributed by atoms with Gasteiger partial charge in [-0.05, 0) is 36.8 Å². The maximum Gasteiger partial charge on any atom is 0.229 e. The van der Waals surface area contributed by atoms with Gasteiger partial charge in [0.1, 0.15) is 5.82 Å². The monoisotopic (exact) mass is 410 g/mol. The average Bonchev–Trinajstić information content (AvgIpc) is 3.47. The highest BCUT2D eigenvalue weighted by Gasteiger charge is 2.07. The number of nitrogens with one attached hydrogen (secondary N) is 3. The van der Waals surface area contributed by atoms with E-state index >= 15 is 0 Å². The summed E-state index contributed by atoms with van der Waals surface area (Å²) in [6, 6.07) is 20.7. The van der Waals surface area contributed by atoms with Crippen LogP contribution in [0, 0.1) is 0 Å². The van der Waals surface area contributed by atoms with E-state index in [2.05, 4.69) is 79.0 Å². The molecule has 0 saturated carbocycles. The quantitative estimate of drug-likeness (QED) is 0.280. The van der Waals surface area contributed by atoms with E-state index in [0.717, 1.165) is 60.9 Å². The summed E-state index contributed by atoms with van der Waals surface area (Å²) in [7, 11) is 0. The van der Waals surface area contributed by atoms with Crippen LogP contribution in [0.1, 0.15) is 6.42 Å². The van der Waals surface area contributed by atoms with Crippen LogP contribution in [-0.2, 0) is 0 Å². The number of anilines is 3. The van der Waals surface area contributed by atoms with E-state index in [4.69, 9.17) is 0 Å². The average molecular weight is 411 g/mol. The van der Waals surface area contributed by atoms with Gasteiger partial charge in [-0.25, -0.2) is 4.98 Å². The first-order valence-corrected chi connectivity index (χ1v) is 10.7. The number of H-pyrrole nitrogens is 1. The van der Waals surface area contributed by atoms with Gasteiger partial charge < -0.3 is 15.6 Å². The molecule has 0 amide bonds. The van der Waals surface area contributed by atoms with Crippen molar-refractivity contribution in [3.05, 3.63) is 79.0 Å². The second-order valence-corrected chi connectivity index (χ2v) is 7.75. The van der Waals surface area contributed by atoms with E-state index in [9.17, 15) is 0 Å². The SMILES string of the molecule is C1=CCN(CCCNc2ccnc(Nc3cccc(-c4cc5ccccc5[nH]4)c3)n2)C1. The Morgan fingerprint density at radius 3 is 2.77 bits per heavy atom. The molecule has 6 nitrogen and oxygen atoms in total. The van der Waals surface area contributed by atoms with Gasteiger partial charge in [0.15, 0.2) is 0 Å². The van der Waals surface area contributed by atoms with Crippen LogP contribution >= 0.6 is 0 Å². The molecule has 1 aliphatic heterocycles. The molecule has 0 radical (unpaired) electrons. The predicted molar refractivity (Wildman–Crippen MR) is 128 cm³/mol. The van der Waals surface area contributed by atoms with E-state index in [1.165, 1.54) is 5.39 Å². The molecule has 2 aromatic heterocycles. The van der Waals surface area contributed by atoms with Crippen molar-refractivity contribution >= 4 is 28.4 Å². The van der Waals surface area contributed by atoms with Crippen LogP contribution in [0.25, 0.3) is 22.2 Å². The zero-order valence-electron chi connectivity index (χ0n) is 17.4. The fourth-order valence-electron chi connectivity index (χ4n) is 3.86.